The molecule has 2 rings (SSSR count). The van der Waals surface area contributed by atoms with Crippen LogP contribution in [-0.4, -0.2) is 11.2 Å². The SMILES string of the molecule is O[C@H]1C[C@@H]1c1ccc(Br)c(F)c1. The van der Waals surface area contributed by atoms with Gasteiger partial charge in [0.1, 0.15) is 5.82 Å². The normalized spacial score (nSPS) is 27.2. The molecule has 0 spiro atoms. The molecule has 3 heteroatoms. The van der Waals surface area contributed by atoms with Crippen LogP contribution < -0.4 is 0 Å². The zero-order valence-corrected chi connectivity index (χ0v) is 7.88. The van der Waals surface area contributed by atoms with Gasteiger partial charge in [-0.3, -0.25) is 0 Å². The van der Waals surface area contributed by atoms with Crippen molar-refractivity contribution in [1.82, 2.24) is 0 Å². The van der Waals surface area contributed by atoms with Gasteiger partial charge in [0, 0.05) is 5.92 Å². The van der Waals surface area contributed by atoms with Crippen LogP contribution in [0.2, 0.25) is 0 Å². The topological polar surface area (TPSA) is 20.2 Å². The summed E-state index contributed by atoms with van der Waals surface area (Å²) in [6, 6.07) is 4.99. The van der Waals surface area contributed by atoms with Gasteiger partial charge in [0.25, 0.3) is 0 Å². The molecule has 12 heavy (non-hydrogen) atoms. The molecule has 1 aliphatic carbocycles. The summed E-state index contributed by atoms with van der Waals surface area (Å²) in [5, 5.41) is 9.11. The third-order valence-electron chi connectivity index (χ3n) is 2.13. The highest BCUT2D eigenvalue weighted by molar-refractivity contribution is 9.10. The largest absolute Gasteiger partial charge is 0.392 e. The Kier molecular flexibility index (Phi) is 1.93. The minimum atomic E-state index is -0.259. The second kappa shape index (κ2) is 2.82. The summed E-state index contributed by atoms with van der Waals surface area (Å²) in [6.45, 7) is 0. The van der Waals surface area contributed by atoms with Gasteiger partial charge in [0.2, 0.25) is 0 Å². The minimum absolute atomic E-state index is 0.160. The van der Waals surface area contributed by atoms with Crippen LogP contribution in [0.3, 0.4) is 0 Å². The van der Waals surface area contributed by atoms with E-state index in [1.54, 1.807) is 6.07 Å². The van der Waals surface area contributed by atoms with Gasteiger partial charge in [0.15, 0.2) is 0 Å². The minimum Gasteiger partial charge on any atom is -0.392 e. The van der Waals surface area contributed by atoms with Crippen LogP contribution in [0.1, 0.15) is 17.9 Å². The molecule has 1 saturated carbocycles. The van der Waals surface area contributed by atoms with Gasteiger partial charge in [-0.05, 0) is 40.0 Å². The fourth-order valence-electron chi connectivity index (χ4n) is 1.28. The molecular formula is C9H8BrFO. The fourth-order valence-corrected chi connectivity index (χ4v) is 1.53. The van der Waals surface area contributed by atoms with E-state index in [0.29, 0.717) is 4.47 Å². The highest BCUT2D eigenvalue weighted by Crippen LogP contribution is 2.41. The van der Waals surface area contributed by atoms with E-state index in [9.17, 15) is 4.39 Å². The molecular weight excluding hydrogens is 223 g/mol. The summed E-state index contributed by atoms with van der Waals surface area (Å²) in [6.07, 6.45) is 0.506. The summed E-state index contributed by atoms with van der Waals surface area (Å²) in [5.74, 6) is -0.0980. The summed E-state index contributed by atoms with van der Waals surface area (Å²) in [5.41, 5.74) is 0.892. The van der Waals surface area contributed by atoms with E-state index in [4.69, 9.17) is 5.11 Å². The van der Waals surface area contributed by atoms with Crippen molar-refractivity contribution in [3.8, 4) is 0 Å². The molecule has 1 aromatic rings. The maximum atomic E-state index is 13.0. The van der Waals surface area contributed by atoms with Crippen molar-refractivity contribution in [2.24, 2.45) is 0 Å². The first-order valence-corrected chi connectivity index (χ1v) is 4.61. The average Bonchev–Trinajstić information content (AvgIpc) is 2.73. The van der Waals surface area contributed by atoms with Gasteiger partial charge in [-0.1, -0.05) is 6.07 Å². The molecule has 0 bridgehead atoms. The van der Waals surface area contributed by atoms with Crippen LogP contribution >= 0.6 is 15.9 Å². The zero-order chi connectivity index (χ0) is 8.72. The van der Waals surface area contributed by atoms with Crippen LogP contribution in [0.4, 0.5) is 4.39 Å². The first-order chi connectivity index (χ1) is 5.68. The van der Waals surface area contributed by atoms with Crippen LogP contribution in [0, 0.1) is 5.82 Å². The standard InChI is InChI=1S/C9H8BrFO/c10-7-2-1-5(3-8(7)11)6-4-9(6)12/h1-3,6,9,12H,4H2/t6-,9+/m1/s1. The molecule has 1 nitrogen and oxygen atoms in total. The smallest absolute Gasteiger partial charge is 0.137 e. The van der Waals surface area contributed by atoms with Gasteiger partial charge in [-0.15, -0.1) is 0 Å². The molecule has 1 N–H and O–H groups in total. The van der Waals surface area contributed by atoms with Gasteiger partial charge >= 0.3 is 0 Å². The van der Waals surface area contributed by atoms with Crippen molar-refractivity contribution >= 4 is 15.9 Å². The predicted octanol–water partition coefficient (Wildman–Crippen LogP) is 2.44. The van der Waals surface area contributed by atoms with Gasteiger partial charge < -0.3 is 5.11 Å². The molecule has 0 radical (unpaired) electrons. The average molecular weight is 231 g/mol. The lowest BCUT2D eigenvalue weighted by Crippen LogP contribution is -1.87. The Bertz CT molecular complexity index is 313. The molecule has 1 aliphatic rings. The van der Waals surface area contributed by atoms with Crippen LogP contribution in [0.25, 0.3) is 0 Å². The second-order valence-electron chi connectivity index (χ2n) is 3.08. The van der Waals surface area contributed by atoms with Crippen molar-refractivity contribution in [2.45, 2.75) is 18.4 Å². The second-order valence-corrected chi connectivity index (χ2v) is 3.94. The molecule has 0 heterocycles. The molecule has 0 saturated heterocycles. The Morgan fingerprint density at radius 3 is 2.67 bits per heavy atom. The summed E-state index contributed by atoms with van der Waals surface area (Å²) >= 11 is 3.08. The lowest BCUT2D eigenvalue weighted by atomic mass is 10.1. The molecule has 64 valence electrons. The lowest BCUT2D eigenvalue weighted by molar-refractivity contribution is 0.271. The molecule has 0 unspecified atom stereocenters. The van der Waals surface area contributed by atoms with E-state index < -0.39 is 0 Å². The maximum Gasteiger partial charge on any atom is 0.137 e. The van der Waals surface area contributed by atoms with Gasteiger partial charge in [0.05, 0.1) is 10.6 Å². The van der Waals surface area contributed by atoms with Crippen molar-refractivity contribution < 1.29 is 9.50 Å². The monoisotopic (exact) mass is 230 g/mol. The first kappa shape index (κ1) is 8.20. The number of halogens is 2. The first-order valence-electron chi connectivity index (χ1n) is 3.81. The van der Waals surface area contributed by atoms with E-state index in [0.717, 1.165) is 12.0 Å². The number of hydrogen-bond donors (Lipinski definition) is 1. The number of rotatable bonds is 1. The predicted molar refractivity (Wildman–Crippen MR) is 47.5 cm³/mol. The highest BCUT2D eigenvalue weighted by atomic mass is 79.9. The number of aliphatic hydroxyl groups excluding tert-OH is 1. The van der Waals surface area contributed by atoms with E-state index >= 15 is 0 Å². The van der Waals surface area contributed by atoms with Gasteiger partial charge in [-0.2, -0.15) is 0 Å². The molecule has 2 atom stereocenters. The molecule has 1 aromatic carbocycles. The summed E-state index contributed by atoms with van der Waals surface area (Å²) < 4.78 is 13.4. The Labute approximate surface area is 78.3 Å². The molecule has 0 aliphatic heterocycles. The van der Waals surface area contributed by atoms with Gasteiger partial charge in [-0.25, -0.2) is 4.39 Å². The van der Waals surface area contributed by atoms with Crippen molar-refractivity contribution in [3.63, 3.8) is 0 Å². The van der Waals surface area contributed by atoms with Crippen molar-refractivity contribution in [2.75, 3.05) is 0 Å². The van der Waals surface area contributed by atoms with Crippen molar-refractivity contribution in [3.05, 3.63) is 34.1 Å². The van der Waals surface area contributed by atoms with E-state index in [-0.39, 0.29) is 17.8 Å². The maximum absolute atomic E-state index is 13.0. The third-order valence-corrected chi connectivity index (χ3v) is 2.77. The Hall–Kier alpha value is -0.410. The summed E-state index contributed by atoms with van der Waals surface area (Å²) in [7, 11) is 0. The summed E-state index contributed by atoms with van der Waals surface area (Å²) in [4.78, 5) is 0. The Morgan fingerprint density at radius 2 is 2.17 bits per heavy atom. The highest BCUT2D eigenvalue weighted by Gasteiger charge is 2.36. The number of benzene rings is 1. The lowest BCUT2D eigenvalue weighted by Gasteiger charge is -1.99. The van der Waals surface area contributed by atoms with E-state index in [1.807, 2.05) is 6.07 Å². The van der Waals surface area contributed by atoms with Crippen LogP contribution in [-0.2, 0) is 0 Å². The van der Waals surface area contributed by atoms with Crippen molar-refractivity contribution in [1.29, 1.82) is 0 Å². The molecule has 0 amide bonds. The molecule has 1 fully saturated rings. The van der Waals surface area contributed by atoms with E-state index in [2.05, 4.69) is 15.9 Å². The fraction of sp³-hybridized carbons (Fsp3) is 0.333. The Morgan fingerprint density at radius 1 is 1.50 bits per heavy atom. The third kappa shape index (κ3) is 1.39. The molecule has 0 aromatic heterocycles. The van der Waals surface area contributed by atoms with E-state index in [1.165, 1.54) is 6.07 Å². The van der Waals surface area contributed by atoms with Crippen LogP contribution in [0.5, 0.6) is 0 Å². The Balaban J connectivity index is 2.29. The quantitative estimate of drug-likeness (QED) is 0.786. The van der Waals surface area contributed by atoms with Crippen LogP contribution in [0.15, 0.2) is 22.7 Å². The zero-order valence-electron chi connectivity index (χ0n) is 6.30. The number of aliphatic hydroxyl groups is 1. The number of hydrogen-bond acceptors (Lipinski definition) is 1.